The molecule has 1 aliphatic rings. The largest absolute Gasteiger partial charge is 0.478 e. The molecule has 0 spiro atoms. The summed E-state index contributed by atoms with van der Waals surface area (Å²) in [6.45, 7) is 3.23. The van der Waals surface area contributed by atoms with E-state index in [-0.39, 0.29) is 27.6 Å². The fourth-order valence-corrected chi connectivity index (χ4v) is 3.50. The SMILES string of the molecule is CNS(=O)(=O)c1ccc(C2=C(c3ccccc3F)C(=O)C(C)(C)O2)cc1. The van der Waals surface area contributed by atoms with Crippen LogP contribution >= 0.6 is 0 Å². The van der Waals surface area contributed by atoms with Gasteiger partial charge in [-0.25, -0.2) is 17.5 Å². The monoisotopic (exact) mass is 375 g/mol. The van der Waals surface area contributed by atoms with E-state index in [0.29, 0.717) is 5.56 Å². The molecule has 0 amide bonds. The summed E-state index contributed by atoms with van der Waals surface area (Å²) in [6.07, 6.45) is 0. The average molecular weight is 375 g/mol. The smallest absolute Gasteiger partial charge is 0.240 e. The first-order valence-electron chi connectivity index (χ1n) is 7.94. The number of carbonyl (C=O) groups excluding carboxylic acids is 1. The molecule has 26 heavy (non-hydrogen) atoms. The molecule has 1 heterocycles. The predicted octanol–water partition coefficient (Wildman–Crippen LogP) is 2.98. The van der Waals surface area contributed by atoms with Gasteiger partial charge in [-0.1, -0.05) is 18.2 Å². The number of sulfonamides is 1. The molecule has 1 N–H and O–H groups in total. The number of hydrogen-bond donors (Lipinski definition) is 1. The summed E-state index contributed by atoms with van der Waals surface area (Å²) < 4.78 is 46.1. The molecule has 0 aromatic heterocycles. The topological polar surface area (TPSA) is 72.5 Å². The highest BCUT2D eigenvalue weighted by Crippen LogP contribution is 2.41. The Morgan fingerprint density at radius 3 is 2.23 bits per heavy atom. The molecule has 0 aliphatic carbocycles. The number of nitrogens with one attached hydrogen (secondary N) is 1. The predicted molar refractivity (Wildman–Crippen MR) is 96.1 cm³/mol. The van der Waals surface area contributed by atoms with E-state index in [4.69, 9.17) is 4.74 Å². The van der Waals surface area contributed by atoms with Crippen LogP contribution in [0.1, 0.15) is 25.0 Å². The molecule has 1 aliphatic heterocycles. The fraction of sp³-hybridized carbons (Fsp3) is 0.211. The van der Waals surface area contributed by atoms with E-state index in [1.54, 1.807) is 26.0 Å². The summed E-state index contributed by atoms with van der Waals surface area (Å²) in [5.74, 6) is -0.618. The third-order valence-electron chi connectivity index (χ3n) is 4.20. The van der Waals surface area contributed by atoms with Crippen molar-refractivity contribution in [3.8, 4) is 0 Å². The van der Waals surface area contributed by atoms with Gasteiger partial charge in [-0.2, -0.15) is 0 Å². The van der Waals surface area contributed by atoms with Crippen molar-refractivity contribution in [2.24, 2.45) is 0 Å². The van der Waals surface area contributed by atoms with Gasteiger partial charge in [0, 0.05) is 11.1 Å². The molecule has 136 valence electrons. The Labute approximate surface area is 151 Å². The molecular formula is C19H18FNO4S. The van der Waals surface area contributed by atoms with Gasteiger partial charge in [0.05, 0.1) is 10.5 Å². The highest BCUT2D eigenvalue weighted by atomic mass is 32.2. The first kappa shape index (κ1) is 18.3. The number of Topliss-reactive ketones (excluding diaryl/α,β-unsaturated/α-hetero) is 1. The van der Waals surface area contributed by atoms with Crippen molar-refractivity contribution in [3.63, 3.8) is 0 Å². The van der Waals surface area contributed by atoms with E-state index in [9.17, 15) is 17.6 Å². The van der Waals surface area contributed by atoms with Gasteiger partial charge in [0.1, 0.15) is 11.6 Å². The Hall–Kier alpha value is -2.51. The average Bonchev–Trinajstić information content (AvgIpc) is 2.85. The van der Waals surface area contributed by atoms with Crippen LogP contribution in [0.4, 0.5) is 4.39 Å². The zero-order valence-corrected chi connectivity index (χ0v) is 15.4. The first-order valence-corrected chi connectivity index (χ1v) is 9.42. The van der Waals surface area contributed by atoms with Gasteiger partial charge in [-0.05, 0) is 51.2 Å². The van der Waals surface area contributed by atoms with Gasteiger partial charge in [-0.15, -0.1) is 0 Å². The second kappa shape index (κ2) is 6.34. The van der Waals surface area contributed by atoms with E-state index >= 15 is 0 Å². The van der Waals surface area contributed by atoms with Crippen molar-refractivity contribution in [2.75, 3.05) is 7.05 Å². The number of ketones is 1. The van der Waals surface area contributed by atoms with Gasteiger partial charge in [0.15, 0.2) is 5.60 Å². The molecule has 0 fully saturated rings. The van der Waals surface area contributed by atoms with Crippen molar-refractivity contribution >= 4 is 27.1 Å². The van der Waals surface area contributed by atoms with Crippen LogP contribution in [-0.2, 0) is 19.6 Å². The van der Waals surface area contributed by atoms with E-state index in [2.05, 4.69) is 4.72 Å². The summed E-state index contributed by atoms with van der Waals surface area (Å²) in [5, 5.41) is 0. The molecule has 2 aromatic rings. The van der Waals surface area contributed by atoms with Crippen molar-refractivity contribution in [1.82, 2.24) is 4.72 Å². The molecule has 0 radical (unpaired) electrons. The van der Waals surface area contributed by atoms with Crippen molar-refractivity contribution in [3.05, 3.63) is 65.5 Å². The fourth-order valence-electron chi connectivity index (χ4n) is 2.77. The number of rotatable bonds is 4. The van der Waals surface area contributed by atoms with Crippen LogP contribution in [0.15, 0.2) is 53.4 Å². The minimum absolute atomic E-state index is 0.0837. The highest BCUT2D eigenvalue weighted by molar-refractivity contribution is 7.89. The second-order valence-corrected chi connectivity index (χ2v) is 8.24. The summed E-state index contributed by atoms with van der Waals surface area (Å²) in [7, 11) is -2.26. The summed E-state index contributed by atoms with van der Waals surface area (Å²) >= 11 is 0. The van der Waals surface area contributed by atoms with Crippen LogP contribution in [-0.4, -0.2) is 26.8 Å². The van der Waals surface area contributed by atoms with Gasteiger partial charge >= 0.3 is 0 Å². The maximum atomic E-state index is 14.3. The first-order chi connectivity index (χ1) is 12.2. The molecule has 0 unspecified atom stereocenters. The summed E-state index contributed by atoms with van der Waals surface area (Å²) in [6, 6.07) is 11.9. The zero-order valence-electron chi connectivity index (χ0n) is 14.5. The Bertz CT molecular complexity index is 1010. The van der Waals surface area contributed by atoms with Crippen LogP contribution < -0.4 is 4.72 Å². The Morgan fingerprint density at radius 2 is 1.65 bits per heavy atom. The molecule has 3 rings (SSSR count). The van der Waals surface area contributed by atoms with Gasteiger partial charge in [0.2, 0.25) is 15.8 Å². The van der Waals surface area contributed by atoms with Crippen molar-refractivity contribution < 1.29 is 22.3 Å². The number of halogens is 1. The molecular weight excluding hydrogens is 357 g/mol. The van der Waals surface area contributed by atoms with E-state index in [1.807, 2.05) is 0 Å². The van der Waals surface area contributed by atoms with Crippen LogP contribution in [0.25, 0.3) is 11.3 Å². The van der Waals surface area contributed by atoms with Gasteiger partial charge in [-0.3, -0.25) is 4.79 Å². The molecule has 2 aromatic carbocycles. The Balaban J connectivity index is 2.16. The summed E-state index contributed by atoms with van der Waals surface area (Å²) in [4.78, 5) is 12.9. The number of ether oxygens (including phenoxy) is 1. The number of hydrogen-bond acceptors (Lipinski definition) is 4. The molecule has 0 atom stereocenters. The normalized spacial score (nSPS) is 16.7. The molecule has 0 saturated carbocycles. The van der Waals surface area contributed by atoms with Crippen LogP contribution in [0.3, 0.4) is 0 Å². The van der Waals surface area contributed by atoms with Crippen molar-refractivity contribution in [2.45, 2.75) is 24.3 Å². The van der Waals surface area contributed by atoms with E-state index in [0.717, 1.165) is 0 Å². The lowest BCUT2D eigenvalue weighted by Crippen LogP contribution is -2.29. The lowest BCUT2D eigenvalue weighted by Gasteiger charge is -2.18. The lowest BCUT2D eigenvalue weighted by molar-refractivity contribution is -0.125. The van der Waals surface area contributed by atoms with Crippen LogP contribution in [0.2, 0.25) is 0 Å². The molecule has 0 saturated heterocycles. The van der Waals surface area contributed by atoms with Crippen molar-refractivity contribution in [1.29, 1.82) is 0 Å². The molecule has 7 heteroatoms. The molecule has 0 bridgehead atoms. The standard InChI is InChI=1S/C19H18FNO4S/c1-19(2)18(22)16(14-6-4-5-7-15(14)20)17(25-19)12-8-10-13(11-9-12)26(23,24)21-3/h4-11,21H,1-3H3. The zero-order chi connectivity index (χ0) is 19.1. The second-order valence-electron chi connectivity index (χ2n) is 6.36. The maximum absolute atomic E-state index is 14.3. The summed E-state index contributed by atoms with van der Waals surface area (Å²) in [5.41, 5.74) is -0.331. The van der Waals surface area contributed by atoms with E-state index < -0.39 is 21.4 Å². The quantitative estimate of drug-likeness (QED) is 0.892. The van der Waals surface area contributed by atoms with Gasteiger partial charge in [0.25, 0.3) is 0 Å². The lowest BCUT2D eigenvalue weighted by atomic mass is 9.92. The number of carbonyl (C=O) groups is 1. The Kier molecular flexibility index (Phi) is 4.46. The van der Waals surface area contributed by atoms with E-state index in [1.165, 1.54) is 43.4 Å². The Morgan fingerprint density at radius 1 is 1.04 bits per heavy atom. The third kappa shape index (κ3) is 3.04. The molecule has 5 nitrogen and oxygen atoms in total. The van der Waals surface area contributed by atoms with Crippen LogP contribution in [0.5, 0.6) is 0 Å². The van der Waals surface area contributed by atoms with Crippen LogP contribution in [0, 0.1) is 5.82 Å². The highest BCUT2D eigenvalue weighted by Gasteiger charge is 2.43. The third-order valence-corrected chi connectivity index (χ3v) is 5.63. The van der Waals surface area contributed by atoms with Gasteiger partial charge < -0.3 is 4.74 Å². The number of benzene rings is 2. The minimum atomic E-state index is -3.58. The minimum Gasteiger partial charge on any atom is -0.478 e. The maximum Gasteiger partial charge on any atom is 0.240 e.